The highest BCUT2D eigenvalue weighted by Crippen LogP contribution is 1.99. The second-order valence-electron chi connectivity index (χ2n) is 8.29. The van der Waals surface area contributed by atoms with Gasteiger partial charge in [-0.25, -0.2) is 0 Å². The van der Waals surface area contributed by atoms with Crippen molar-refractivity contribution in [1.82, 2.24) is 41.7 Å². The highest BCUT2D eigenvalue weighted by atomic mass is 15.3. The molecular formula is C21H48N8. The molecule has 2 saturated heterocycles. The van der Waals surface area contributed by atoms with Gasteiger partial charge in [-0.15, -0.1) is 0 Å². The molecular weight excluding hydrogens is 364 g/mol. The van der Waals surface area contributed by atoms with E-state index in [9.17, 15) is 0 Å². The van der Waals surface area contributed by atoms with Crippen LogP contribution < -0.4 is 31.9 Å². The SMILES string of the molecule is C1CNCCNCCCN(CN2CCCNCCNCCCNCC2)CCNC1. The summed E-state index contributed by atoms with van der Waals surface area (Å²) in [5.41, 5.74) is 0. The van der Waals surface area contributed by atoms with Crippen LogP contribution in [0.5, 0.6) is 0 Å². The molecule has 2 aliphatic rings. The molecule has 29 heavy (non-hydrogen) atoms. The lowest BCUT2D eigenvalue weighted by atomic mass is 10.3. The van der Waals surface area contributed by atoms with Crippen molar-refractivity contribution < 1.29 is 0 Å². The third-order valence-corrected chi connectivity index (χ3v) is 5.64. The van der Waals surface area contributed by atoms with Gasteiger partial charge in [0.1, 0.15) is 0 Å². The molecule has 8 nitrogen and oxygen atoms in total. The maximum absolute atomic E-state index is 3.63. The maximum Gasteiger partial charge on any atom is 0.0507 e. The fourth-order valence-corrected chi connectivity index (χ4v) is 3.90. The van der Waals surface area contributed by atoms with Crippen LogP contribution in [0.4, 0.5) is 0 Å². The van der Waals surface area contributed by atoms with Crippen LogP contribution in [0.15, 0.2) is 0 Å². The van der Waals surface area contributed by atoms with Gasteiger partial charge in [-0.05, 0) is 65.0 Å². The Morgan fingerprint density at radius 2 is 0.690 bits per heavy atom. The van der Waals surface area contributed by atoms with Gasteiger partial charge in [0.2, 0.25) is 0 Å². The summed E-state index contributed by atoms with van der Waals surface area (Å²) in [5.74, 6) is 0. The molecule has 0 saturated carbocycles. The molecule has 0 amide bonds. The molecule has 2 aliphatic heterocycles. The Bertz CT molecular complexity index is 298. The van der Waals surface area contributed by atoms with Crippen molar-refractivity contribution in [3.8, 4) is 0 Å². The van der Waals surface area contributed by atoms with Crippen LogP contribution >= 0.6 is 0 Å². The molecule has 8 heteroatoms. The molecule has 6 N–H and O–H groups in total. The molecule has 0 aliphatic carbocycles. The van der Waals surface area contributed by atoms with Gasteiger partial charge >= 0.3 is 0 Å². The van der Waals surface area contributed by atoms with E-state index in [1.807, 2.05) is 0 Å². The van der Waals surface area contributed by atoms with Crippen LogP contribution in [0.2, 0.25) is 0 Å². The Kier molecular flexibility index (Phi) is 15.9. The predicted octanol–water partition coefficient (Wildman–Crippen LogP) is -1.33. The normalized spacial score (nSPS) is 25.7. The van der Waals surface area contributed by atoms with Gasteiger partial charge in [-0.3, -0.25) is 9.80 Å². The van der Waals surface area contributed by atoms with Crippen molar-refractivity contribution in [1.29, 1.82) is 0 Å². The second kappa shape index (κ2) is 18.4. The molecule has 0 bridgehead atoms. The van der Waals surface area contributed by atoms with Crippen LogP contribution in [0.25, 0.3) is 0 Å². The molecule has 2 rings (SSSR count). The van der Waals surface area contributed by atoms with Gasteiger partial charge in [0.25, 0.3) is 0 Å². The van der Waals surface area contributed by atoms with Gasteiger partial charge in [0, 0.05) is 65.4 Å². The van der Waals surface area contributed by atoms with Crippen LogP contribution in [-0.4, -0.2) is 121 Å². The highest BCUT2D eigenvalue weighted by Gasteiger charge is 2.12. The van der Waals surface area contributed by atoms with Crippen molar-refractivity contribution in [2.75, 3.05) is 111 Å². The summed E-state index contributed by atoms with van der Waals surface area (Å²) in [6, 6.07) is 0. The van der Waals surface area contributed by atoms with Gasteiger partial charge in [0.15, 0.2) is 0 Å². The van der Waals surface area contributed by atoms with Crippen LogP contribution in [0.3, 0.4) is 0 Å². The van der Waals surface area contributed by atoms with E-state index in [0.29, 0.717) is 0 Å². The first-order valence-electron chi connectivity index (χ1n) is 12.1. The topological polar surface area (TPSA) is 78.7 Å². The molecule has 0 atom stereocenters. The lowest BCUT2D eigenvalue weighted by Crippen LogP contribution is -2.45. The molecule has 0 aromatic carbocycles. The van der Waals surface area contributed by atoms with Crippen molar-refractivity contribution in [3.63, 3.8) is 0 Å². The monoisotopic (exact) mass is 412 g/mol. The summed E-state index contributed by atoms with van der Waals surface area (Å²) < 4.78 is 0. The van der Waals surface area contributed by atoms with Crippen molar-refractivity contribution >= 4 is 0 Å². The average Bonchev–Trinajstić information content (AvgIpc) is 2.73. The number of hydrogen-bond acceptors (Lipinski definition) is 8. The van der Waals surface area contributed by atoms with Crippen LogP contribution in [0.1, 0.15) is 25.7 Å². The van der Waals surface area contributed by atoms with E-state index in [-0.39, 0.29) is 0 Å². The molecule has 0 unspecified atom stereocenters. The molecule has 0 spiro atoms. The molecule has 0 aromatic heterocycles. The highest BCUT2D eigenvalue weighted by molar-refractivity contribution is 4.68. The predicted molar refractivity (Wildman–Crippen MR) is 124 cm³/mol. The Balaban J connectivity index is 1.77. The zero-order valence-corrected chi connectivity index (χ0v) is 18.7. The summed E-state index contributed by atoms with van der Waals surface area (Å²) in [4.78, 5) is 5.30. The minimum absolute atomic E-state index is 1.08. The maximum atomic E-state index is 3.63. The molecule has 172 valence electrons. The minimum atomic E-state index is 1.08. The molecule has 2 fully saturated rings. The van der Waals surface area contributed by atoms with Crippen molar-refractivity contribution in [2.45, 2.75) is 25.7 Å². The van der Waals surface area contributed by atoms with E-state index >= 15 is 0 Å². The summed E-state index contributed by atoms with van der Waals surface area (Å²) in [6.07, 6.45) is 4.86. The lowest BCUT2D eigenvalue weighted by molar-refractivity contribution is 0.129. The Morgan fingerprint density at radius 1 is 0.345 bits per heavy atom. The fourth-order valence-electron chi connectivity index (χ4n) is 3.90. The standard InChI is InChI=1S/C21H48N8/c1-5-22-11-13-24-9-3-17-28(19-15-26-7-1)21-29-18-4-10-25-14-12-23-6-2-8-27-16-20-29/h22-27H,1-21H2. The third kappa shape index (κ3) is 14.3. The van der Waals surface area contributed by atoms with Gasteiger partial charge in [-0.2, -0.15) is 0 Å². The van der Waals surface area contributed by atoms with E-state index in [0.717, 1.165) is 98.3 Å². The second-order valence-corrected chi connectivity index (χ2v) is 8.29. The summed E-state index contributed by atoms with van der Waals surface area (Å²) in [6.45, 7) is 18.9. The Morgan fingerprint density at radius 3 is 1.10 bits per heavy atom. The zero-order valence-electron chi connectivity index (χ0n) is 18.7. The fraction of sp³-hybridized carbons (Fsp3) is 1.00. The number of nitrogens with zero attached hydrogens (tertiary/aromatic N) is 2. The first-order valence-corrected chi connectivity index (χ1v) is 12.1. The number of hydrogen-bond donors (Lipinski definition) is 6. The molecule has 0 aromatic rings. The van der Waals surface area contributed by atoms with Crippen LogP contribution in [0, 0.1) is 0 Å². The van der Waals surface area contributed by atoms with E-state index in [2.05, 4.69) is 41.7 Å². The first-order chi connectivity index (χ1) is 14.4. The van der Waals surface area contributed by atoms with Gasteiger partial charge in [0.05, 0.1) is 6.67 Å². The minimum Gasteiger partial charge on any atom is -0.315 e. The van der Waals surface area contributed by atoms with Crippen LogP contribution in [-0.2, 0) is 0 Å². The summed E-state index contributed by atoms with van der Waals surface area (Å²) in [7, 11) is 0. The van der Waals surface area contributed by atoms with E-state index in [1.54, 1.807) is 0 Å². The Hall–Kier alpha value is -0.320. The van der Waals surface area contributed by atoms with Gasteiger partial charge < -0.3 is 31.9 Å². The summed E-state index contributed by atoms with van der Waals surface area (Å²) >= 11 is 0. The van der Waals surface area contributed by atoms with E-state index in [1.165, 1.54) is 38.8 Å². The zero-order chi connectivity index (χ0) is 20.2. The van der Waals surface area contributed by atoms with Crippen molar-refractivity contribution in [3.05, 3.63) is 0 Å². The van der Waals surface area contributed by atoms with Gasteiger partial charge in [-0.1, -0.05) is 0 Å². The number of rotatable bonds is 2. The smallest absolute Gasteiger partial charge is 0.0507 e. The molecule has 2 heterocycles. The number of nitrogens with one attached hydrogen (secondary N) is 6. The van der Waals surface area contributed by atoms with E-state index < -0.39 is 0 Å². The van der Waals surface area contributed by atoms with E-state index in [4.69, 9.17) is 0 Å². The largest absolute Gasteiger partial charge is 0.315 e. The van der Waals surface area contributed by atoms with Crippen molar-refractivity contribution in [2.24, 2.45) is 0 Å². The third-order valence-electron chi connectivity index (χ3n) is 5.64. The summed E-state index contributed by atoms with van der Waals surface area (Å²) in [5, 5.41) is 21.4. The first kappa shape index (κ1) is 24.9. The quantitative estimate of drug-likeness (QED) is 0.333. The molecule has 0 radical (unpaired) electrons. The lowest BCUT2D eigenvalue weighted by Gasteiger charge is -2.31. The average molecular weight is 413 g/mol. The Labute approximate surface area is 179 Å².